The lowest BCUT2D eigenvalue weighted by molar-refractivity contribution is 0.360. The number of likely N-dealkylation sites (N-methyl/N-ethyl adjacent to an activating group) is 1. The van der Waals surface area contributed by atoms with E-state index in [4.69, 9.17) is 0 Å². The number of halogens is 2. The molecule has 18 heavy (non-hydrogen) atoms. The molecule has 5 heteroatoms. The second-order valence-corrected chi connectivity index (χ2v) is 4.41. The molecule has 2 atom stereocenters. The van der Waals surface area contributed by atoms with Gasteiger partial charge >= 0.3 is 0 Å². The number of hydrogen-bond donors (Lipinski definition) is 2. The van der Waals surface area contributed by atoms with Crippen LogP contribution in [0.25, 0.3) is 0 Å². The Balaban J connectivity index is 0. The molecule has 0 amide bonds. The quantitative estimate of drug-likeness (QED) is 0.872. The van der Waals surface area contributed by atoms with E-state index >= 15 is 0 Å². The molecule has 0 spiro atoms. The fourth-order valence-electron chi connectivity index (χ4n) is 2.46. The molecule has 1 fully saturated rings. The van der Waals surface area contributed by atoms with Gasteiger partial charge in [0.1, 0.15) is 0 Å². The Morgan fingerprint density at radius 3 is 2.61 bits per heavy atom. The van der Waals surface area contributed by atoms with Crippen molar-refractivity contribution < 1.29 is 5.48 Å². The van der Waals surface area contributed by atoms with Gasteiger partial charge in [0, 0.05) is 18.5 Å². The Labute approximate surface area is 122 Å². The van der Waals surface area contributed by atoms with Crippen LogP contribution in [-0.4, -0.2) is 31.7 Å². The first-order chi connectivity index (χ1) is 7.31. The molecule has 4 N–H and O–H groups in total. The van der Waals surface area contributed by atoms with Gasteiger partial charge in [-0.05, 0) is 32.5 Å². The minimum Gasteiger partial charge on any atom is -0.412 e. The van der Waals surface area contributed by atoms with Gasteiger partial charge in [0.05, 0.1) is 0 Å². The third-order valence-corrected chi connectivity index (χ3v) is 3.32. The number of nitrogens with one attached hydrogen (secondary N) is 2. The van der Waals surface area contributed by atoms with Crippen LogP contribution < -0.4 is 10.6 Å². The fraction of sp³-hybridized carbons (Fsp3) is 0.538. The van der Waals surface area contributed by atoms with E-state index in [1.807, 2.05) is 0 Å². The summed E-state index contributed by atoms with van der Waals surface area (Å²) in [5.74, 6) is 0.614. The Morgan fingerprint density at radius 2 is 2.00 bits per heavy atom. The lowest BCUT2D eigenvalue weighted by Crippen LogP contribution is -2.44. The van der Waals surface area contributed by atoms with E-state index < -0.39 is 0 Å². The molecule has 2 rings (SSSR count). The zero-order valence-electron chi connectivity index (χ0n) is 10.9. The molecule has 3 nitrogen and oxygen atoms in total. The SMILES string of the molecule is CNC1CCNCC1c1cccc(C)c1.Cl.Cl.O. The van der Waals surface area contributed by atoms with E-state index in [0.29, 0.717) is 12.0 Å². The average Bonchev–Trinajstić information content (AvgIpc) is 2.29. The maximum atomic E-state index is 3.48. The highest BCUT2D eigenvalue weighted by Gasteiger charge is 2.24. The van der Waals surface area contributed by atoms with Crippen LogP contribution in [0.15, 0.2) is 24.3 Å². The number of piperidine rings is 1. The first-order valence-electron chi connectivity index (χ1n) is 5.76. The maximum Gasteiger partial charge on any atom is 0.0157 e. The molecule has 0 saturated carbocycles. The molecule has 1 aromatic rings. The van der Waals surface area contributed by atoms with Crippen molar-refractivity contribution in [3.05, 3.63) is 35.4 Å². The van der Waals surface area contributed by atoms with Crippen molar-refractivity contribution in [1.29, 1.82) is 0 Å². The zero-order valence-corrected chi connectivity index (χ0v) is 12.5. The Morgan fingerprint density at radius 1 is 1.28 bits per heavy atom. The smallest absolute Gasteiger partial charge is 0.0157 e. The third-order valence-electron chi connectivity index (χ3n) is 3.32. The Bertz CT molecular complexity index is 337. The molecule has 1 aromatic carbocycles. The first-order valence-corrected chi connectivity index (χ1v) is 5.76. The molecule has 0 aromatic heterocycles. The van der Waals surface area contributed by atoms with E-state index in [2.05, 4.69) is 48.9 Å². The summed E-state index contributed by atoms with van der Waals surface area (Å²) >= 11 is 0. The van der Waals surface area contributed by atoms with Crippen molar-refractivity contribution >= 4 is 24.8 Å². The number of hydrogen-bond acceptors (Lipinski definition) is 2. The van der Waals surface area contributed by atoms with E-state index in [1.54, 1.807) is 0 Å². The summed E-state index contributed by atoms with van der Waals surface area (Å²) in [6, 6.07) is 9.49. The second kappa shape index (κ2) is 9.59. The molecular formula is C13H24Cl2N2O. The van der Waals surface area contributed by atoms with Gasteiger partial charge in [-0.1, -0.05) is 29.8 Å². The standard InChI is InChI=1S/C13H20N2.2ClH.H2O/c1-10-4-3-5-11(8-10)12-9-15-7-6-13(12)14-2;;;/h3-5,8,12-15H,6-7,9H2,1-2H3;2*1H;1H2. The van der Waals surface area contributed by atoms with Crippen LogP contribution in [0.2, 0.25) is 0 Å². The predicted octanol–water partition coefficient (Wildman–Crippen LogP) is 1.68. The number of aryl methyl sites for hydroxylation is 1. The summed E-state index contributed by atoms with van der Waals surface area (Å²) in [5.41, 5.74) is 2.81. The van der Waals surface area contributed by atoms with Gasteiger partial charge in [0.2, 0.25) is 0 Å². The number of rotatable bonds is 2. The molecular weight excluding hydrogens is 271 g/mol. The van der Waals surface area contributed by atoms with Gasteiger partial charge in [0.25, 0.3) is 0 Å². The lowest BCUT2D eigenvalue weighted by Gasteiger charge is -2.32. The molecule has 1 aliphatic heterocycles. The van der Waals surface area contributed by atoms with Gasteiger partial charge in [-0.3, -0.25) is 0 Å². The van der Waals surface area contributed by atoms with Gasteiger partial charge in [-0.25, -0.2) is 0 Å². The first kappa shape index (κ1) is 20.0. The highest BCUT2D eigenvalue weighted by atomic mass is 35.5. The van der Waals surface area contributed by atoms with Crippen LogP contribution in [0.3, 0.4) is 0 Å². The summed E-state index contributed by atoms with van der Waals surface area (Å²) in [5, 5.41) is 6.91. The van der Waals surface area contributed by atoms with E-state index in [0.717, 1.165) is 13.1 Å². The van der Waals surface area contributed by atoms with E-state index in [9.17, 15) is 0 Å². The summed E-state index contributed by atoms with van der Waals surface area (Å²) in [4.78, 5) is 0. The van der Waals surface area contributed by atoms with Crippen molar-refractivity contribution in [2.45, 2.75) is 25.3 Å². The molecule has 106 valence electrons. The summed E-state index contributed by atoms with van der Waals surface area (Å²) in [6.07, 6.45) is 1.22. The van der Waals surface area contributed by atoms with Crippen molar-refractivity contribution in [3.63, 3.8) is 0 Å². The molecule has 1 heterocycles. The molecule has 2 unspecified atom stereocenters. The Kier molecular flexibility index (Phi) is 10.7. The summed E-state index contributed by atoms with van der Waals surface area (Å²) in [6.45, 7) is 4.39. The van der Waals surface area contributed by atoms with Gasteiger partial charge in [0.15, 0.2) is 0 Å². The van der Waals surface area contributed by atoms with Crippen LogP contribution >= 0.6 is 24.8 Å². The zero-order chi connectivity index (χ0) is 10.7. The van der Waals surface area contributed by atoms with Crippen LogP contribution in [0.5, 0.6) is 0 Å². The minimum absolute atomic E-state index is 0. The lowest BCUT2D eigenvalue weighted by atomic mass is 9.86. The van der Waals surface area contributed by atoms with Gasteiger partial charge in [-0.15, -0.1) is 24.8 Å². The minimum atomic E-state index is 0. The highest BCUT2D eigenvalue weighted by Crippen LogP contribution is 2.24. The van der Waals surface area contributed by atoms with E-state index in [-0.39, 0.29) is 30.3 Å². The van der Waals surface area contributed by atoms with Crippen LogP contribution in [0, 0.1) is 6.92 Å². The van der Waals surface area contributed by atoms with Crippen molar-refractivity contribution in [1.82, 2.24) is 10.6 Å². The van der Waals surface area contributed by atoms with Gasteiger partial charge in [-0.2, -0.15) is 0 Å². The summed E-state index contributed by atoms with van der Waals surface area (Å²) in [7, 11) is 2.07. The van der Waals surface area contributed by atoms with Crippen molar-refractivity contribution in [3.8, 4) is 0 Å². The van der Waals surface area contributed by atoms with Crippen LogP contribution in [-0.2, 0) is 0 Å². The normalized spacial score (nSPS) is 22.1. The Hall–Kier alpha value is -0.320. The largest absolute Gasteiger partial charge is 0.412 e. The molecule has 1 aliphatic rings. The highest BCUT2D eigenvalue weighted by molar-refractivity contribution is 5.85. The molecule has 0 bridgehead atoms. The predicted molar refractivity (Wildman–Crippen MR) is 82.4 cm³/mol. The van der Waals surface area contributed by atoms with Crippen molar-refractivity contribution in [2.24, 2.45) is 0 Å². The topological polar surface area (TPSA) is 55.6 Å². The third kappa shape index (κ3) is 4.75. The number of benzene rings is 1. The van der Waals surface area contributed by atoms with Crippen LogP contribution in [0.4, 0.5) is 0 Å². The average molecular weight is 295 g/mol. The van der Waals surface area contributed by atoms with Gasteiger partial charge < -0.3 is 16.1 Å². The van der Waals surface area contributed by atoms with Crippen LogP contribution in [0.1, 0.15) is 23.5 Å². The molecule has 0 radical (unpaired) electrons. The fourth-order valence-corrected chi connectivity index (χ4v) is 2.46. The van der Waals surface area contributed by atoms with Crippen molar-refractivity contribution in [2.75, 3.05) is 20.1 Å². The molecule has 0 aliphatic carbocycles. The summed E-state index contributed by atoms with van der Waals surface area (Å²) < 4.78 is 0. The maximum absolute atomic E-state index is 3.48. The second-order valence-electron chi connectivity index (χ2n) is 4.41. The van der Waals surface area contributed by atoms with E-state index in [1.165, 1.54) is 17.5 Å². The molecule has 1 saturated heterocycles. The monoisotopic (exact) mass is 294 g/mol.